The molecule has 0 aliphatic heterocycles. The molecular weight excluding hydrogens is 278 g/mol. The van der Waals surface area contributed by atoms with E-state index in [1.54, 1.807) is 24.3 Å². The minimum absolute atomic E-state index is 0.0366. The quantitative estimate of drug-likeness (QED) is 0.813. The van der Waals surface area contributed by atoms with Crippen LogP contribution >= 0.6 is 0 Å². The number of para-hydroxylation sites is 2. The normalized spacial score (nSPS) is 25.2. The summed E-state index contributed by atoms with van der Waals surface area (Å²) < 4.78 is 5.91. The molecule has 0 unspecified atom stereocenters. The number of benzene rings is 1. The molecule has 1 saturated carbocycles. The van der Waals surface area contributed by atoms with Crippen LogP contribution in [-0.4, -0.2) is 23.7 Å². The van der Waals surface area contributed by atoms with Crippen LogP contribution in [0, 0.1) is 17.8 Å². The van der Waals surface area contributed by atoms with Gasteiger partial charge < -0.3 is 15.2 Å². The lowest BCUT2D eigenvalue weighted by Gasteiger charge is -2.37. The lowest BCUT2D eigenvalue weighted by Crippen LogP contribution is -2.36. The Morgan fingerprint density at radius 1 is 1.36 bits per heavy atom. The van der Waals surface area contributed by atoms with Gasteiger partial charge in [-0.1, -0.05) is 39.3 Å². The third-order valence-corrected chi connectivity index (χ3v) is 4.57. The summed E-state index contributed by atoms with van der Waals surface area (Å²) in [7, 11) is 0. The first-order valence-electron chi connectivity index (χ1n) is 8.16. The van der Waals surface area contributed by atoms with Crippen LogP contribution in [0.2, 0.25) is 0 Å². The largest absolute Gasteiger partial charge is 0.506 e. The number of ether oxygens (including phenoxy) is 1. The van der Waals surface area contributed by atoms with Crippen molar-refractivity contribution in [3.05, 3.63) is 24.3 Å². The smallest absolute Gasteiger partial charge is 0.250 e. The molecule has 0 saturated heterocycles. The third-order valence-electron chi connectivity index (χ3n) is 4.57. The molecule has 22 heavy (non-hydrogen) atoms. The SMILES string of the molecule is CC(C)[C@@H]1CC[C@@H](C)C[C@H]1OCC(=O)Nc1ccccc1O. The highest BCUT2D eigenvalue weighted by Crippen LogP contribution is 2.35. The van der Waals surface area contributed by atoms with E-state index in [1.165, 1.54) is 12.8 Å². The van der Waals surface area contributed by atoms with Crippen LogP contribution in [0.25, 0.3) is 0 Å². The van der Waals surface area contributed by atoms with Crippen molar-refractivity contribution in [1.29, 1.82) is 0 Å². The van der Waals surface area contributed by atoms with E-state index in [0.29, 0.717) is 23.4 Å². The number of phenols is 1. The lowest BCUT2D eigenvalue weighted by atomic mass is 9.75. The van der Waals surface area contributed by atoms with E-state index in [2.05, 4.69) is 26.1 Å². The molecule has 2 rings (SSSR count). The molecule has 0 radical (unpaired) electrons. The summed E-state index contributed by atoms with van der Waals surface area (Å²) in [6.45, 7) is 6.72. The number of amides is 1. The van der Waals surface area contributed by atoms with Crippen molar-refractivity contribution >= 4 is 11.6 Å². The van der Waals surface area contributed by atoms with Crippen molar-refractivity contribution in [2.75, 3.05) is 11.9 Å². The molecule has 0 spiro atoms. The molecule has 3 atom stereocenters. The molecule has 1 aliphatic rings. The van der Waals surface area contributed by atoms with Gasteiger partial charge in [0, 0.05) is 0 Å². The van der Waals surface area contributed by atoms with Gasteiger partial charge in [-0.15, -0.1) is 0 Å². The summed E-state index contributed by atoms with van der Waals surface area (Å²) in [5.74, 6) is 1.60. The van der Waals surface area contributed by atoms with Gasteiger partial charge in [0.05, 0.1) is 11.8 Å². The first-order chi connectivity index (χ1) is 10.5. The van der Waals surface area contributed by atoms with Crippen LogP contribution in [0.15, 0.2) is 24.3 Å². The molecule has 1 fully saturated rings. The summed E-state index contributed by atoms with van der Waals surface area (Å²) in [4.78, 5) is 12.0. The minimum Gasteiger partial charge on any atom is -0.506 e. The fraction of sp³-hybridized carbons (Fsp3) is 0.611. The van der Waals surface area contributed by atoms with Gasteiger partial charge in [0.25, 0.3) is 0 Å². The summed E-state index contributed by atoms with van der Waals surface area (Å²) in [6, 6.07) is 6.72. The van der Waals surface area contributed by atoms with Crippen LogP contribution in [-0.2, 0) is 9.53 Å². The van der Waals surface area contributed by atoms with Crippen LogP contribution in [0.4, 0.5) is 5.69 Å². The number of carbonyl (C=O) groups is 1. The van der Waals surface area contributed by atoms with Gasteiger partial charge in [0.15, 0.2) is 0 Å². The fourth-order valence-electron chi connectivity index (χ4n) is 3.25. The second-order valence-electron chi connectivity index (χ2n) is 6.74. The number of nitrogens with one attached hydrogen (secondary N) is 1. The number of hydrogen-bond acceptors (Lipinski definition) is 3. The highest BCUT2D eigenvalue weighted by molar-refractivity contribution is 5.93. The van der Waals surface area contributed by atoms with Gasteiger partial charge in [0.2, 0.25) is 5.91 Å². The van der Waals surface area contributed by atoms with Crippen LogP contribution in [0.5, 0.6) is 5.75 Å². The average Bonchev–Trinajstić information content (AvgIpc) is 2.47. The van der Waals surface area contributed by atoms with Gasteiger partial charge in [-0.2, -0.15) is 0 Å². The summed E-state index contributed by atoms with van der Waals surface area (Å²) in [5, 5.41) is 12.4. The molecule has 4 nitrogen and oxygen atoms in total. The first-order valence-corrected chi connectivity index (χ1v) is 8.16. The predicted octanol–water partition coefficient (Wildman–Crippen LogP) is 3.81. The fourth-order valence-corrected chi connectivity index (χ4v) is 3.25. The Balaban J connectivity index is 1.87. The van der Waals surface area contributed by atoms with Crippen molar-refractivity contribution in [2.24, 2.45) is 17.8 Å². The van der Waals surface area contributed by atoms with Gasteiger partial charge in [-0.3, -0.25) is 4.79 Å². The van der Waals surface area contributed by atoms with Crippen molar-refractivity contribution in [3.8, 4) is 5.75 Å². The van der Waals surface area contributed by atoms with Gasteiger partial charge in [-0.25, -0.2) is 0 Å². The van der Waals surface area contributed by atoms with E-state index < -0.39 is 0 Å². The number of aromatic hydroxyl groups is 1. The molecule has 1 aromatic rings. The van der Waals surface area contributed by atoms with E-state index >= 15 is 0 Å². The number of anilines is 1. The Morgan fingerprint density at radius 2 is 2.09 bits per heavy atom. The van der Waals surface area contributed by atoms with Gasteiger partial charge in [-0.05, 0) is 42.7 Å². The van der Waals surface area contributed by atoms with Gasteiger partial charge in [0.1, 0.15) is 12.4 Å². The molecule has 122 valence electrons. The molecule has 0 heterocycles. The number of carbonyl (C=O) groups excluding carboxylic acids is 1. The standard InChI is InChI=1S/C18H27NO3/c1-12(2)14-9-8-13(3)10-17(14)22-11-18(21)19-15-6-4-5-7-16(15)20/h4-7,12-14,17,20H,8-11H2,1-3H3,(H,19,21)/t13-,14+,17-/m1/s1. The Hall–Kier alpha value is -1.55. The van der Waals surface area contributed by atoms with Gasteiger partial charge >= 0.3 is 0 Å². The Morgan fingerprint density at radius 3 is 2.77 bits per heavy atom. The summed E-state index contributed by atoms with van der Waals surface area (Å²) >= 11 is 0. The van der Waals surface area contributed by atoms with Crippen molar-refractivity contribution in [2.45, 2.75) is 46.1 Å². The zero-order valence-electron chi connectivity index (χ0n) is 13.7. The van der Waals surface area contributed by atoms with Crippen molar-refractivity contribution in [3.63, 3.8) is 0 Å². The van der Waals surface area contributed by atoms with E-state index in [-0.39, 0.29) is 24.4 Å². The lowest BCUT2D eigenvalue weighted by molar-refractivity contribution is -0.126. The van der Waals surface area contributed by atoms with E-state index in [9.17, 15) is 9.90 Å². The predicted molar refractivity (Wildman–Crippen MR) is 87.8 cm³/mol. The first kappa shape index (κ1) is 16.8. The zero-order chi connectivity index (χ0) is 16.1. The molecule has 0 aromatic heterocycles. The van der Waals surface area contributed by atoms with Crippen molar-refractivity contribution in [1.82, 2.24) is 0 Å². The molecular formula is C18H27NO3. The number of phenolic OH excluding ortho intramolecular Hbond substituents is 1. The monoisotopic (exact) mass is 305 g/mol. The molecule has 4 heteroatoms. The van der Waals surface area contributed by atoms with Crippen LogP contribution in [0.1, 0.15) is 40.0 Å². The Labute approximate surface area is 132 Å². The average molecular weight is 305 g/mol. The van der Waals surface area contributed by atoms with E-state index in [4.69, 9.17) is 4.74 Å². The van der Waals surface area contributed by atoms with Crippen molar-refractivity contribution < 1.29 is 14.6 Å². The topological polar surface area (TPSA) is 58.6 Å². The Bertz CT molecular complexity index is 501. The zero-order valence-corrected chi connectivity index (χ0v) is 13.7. The highest BCUT2D eigenvalue weighted by atomic mass is 16.5. The molecule has 2 N–H and O–H groups in total. The molecule has 1 aliphatic carbocycles. The minimum atomic E-state index is -0.220. The molecule has 1 aromatic carbocycles. The second kappa shape index (κ2) is 7.63. The number of rotatable bonds is 5. The van der Waals surface area contributed by atoms with Crippen LogP contribution in [0.3, 0.4) is 0 Å². The summed E-state index contributed by atoms with van der Waals surface area (Å²) in [5.41, 5.74) is 0.425. The molecule has 0 bridgehead atoms. The van der Waals surface area contributed by atoms with E-state index in [0.717, 1.165) is 6.42 Å². The highest BCUT2D eigenvalue weighted by Gasteiger charge is 2.31. The molecule has 1 amide bonds. The second-order valence-corrected chi connectivity index (χ2v) is 6.74. The third kappa shape index (κ3) is 4.47. The summed E-state index contributed by atoms with van der Waals surface area (Å²) in [6.07, 6.45) is 3.59. The van der Waals surface area contributed by atoms with Crippen LogP contribution < -0.4 is 5.32 Å². The Kier molecular flexibility index (Phi) is 5.83. The van der Waals surface area contributed by atoms with E-state index in [1.807, 2.05) is 0 Å². The maximum Gasteiger partial charge on any atom is 0.250 e. The maximum atomic E-state index is 12.0. The number of hydrogen-bond donors (Lipinski definition) is 2. The maximum absolute atomic E-state index is 12.0.